The van der Waals surface area contributed by atoms with E-state index in [1.54, 1.807) is 12.3 Å². The summed E-state index contributed by atoms with van der Waals surface area (Å²) in [6.07, 6.45) is 4.39. The first-order chi connectivity index (χ1) is 16.1. The zero-order valence-electron chi connectivity index (χ0n) is 17.8. The van der Waals surface area contributed by atoms with E-state index in [1.807, 2.05) is 49.4 Å². The van der Waals surface area contributed by atoms with Gasteiger partial charge in [-0.2, -0.15) is 17.7 Å². The number of thiol groups is 1. The van der Waals surface area contributed by atoms with Crippen LogP contribution in [0.1, 0.15) is 16.2 Å². The molecule has 5 aromatic rings. The van der Waals surface area contributed by atoms with Gasteiger partial charge in [0, 0.05) is 17.3 Å². The van der Waals surface area contributed by atoms with Crippen LogP contribution >= 0.6 is 12.6 Å². The first-order valence-electron chi connectivity index (χ1n) is 9.93. The third-order valence-electron chi connectivity index (χ3n) is 4.73. The molecule has 0 radical (unpaired) electrons. The number of nitrogens with zero attached hydrogens (tertiary/aromatic N) is 5. The first kappa shape index (κ1) is 22.2. The fourth-order valence-electron chi connectivity index (χ4n) is 3.24. The van der Waals surface area contributed by atoms with Gasteiger partial charge < -0.3 is 5.32 Å². The molecule has 1 aromatic carbocycles. The Morgan fingerprint density at radius 2 is 1.88 bits per heavy atom. The number of rotatable bonds is 4. The minimum Gasteiger partial charge on any atom is -0.318 e. The van der Waals surface area contributed by atoms with Crippen molar-refractivity contribution in [2.75, 3.05) is 11.6 Å². The molecule has 0 fully saturated rings. The number of carbonyl (C=O) groups excluding carboxylic acids is 1. The van der Waals surface area contributed by atoms with Crippen molar-refractivity contribution in [1.29, 1.82) is 0 Å². The molecule has 0 atom stereocenters. The van der Waals surface area contributed by atoms with E-state index in [0.29, 0.717) is 22.7 Å². The summed E-state index contributed by atoms with van der Waals surface area (Å²) in [5.74, 6) is -0.716. The fraction of sp³-hybridized carbons (Fsp3) is 0.0870. The van der Waals surface area contributed by atoms with Gasteiger partial charge in [-0.15, -0.1) is 5.10 Å². The second-order valence-corrected chi connectivity index (χ2v) is 6.92. The smallest absolute Gasteiger partial charge is 0.274 e. The summed E-state index contributed by atoms with van der Waals surface area (Å²) < 4.78 is 16.0. The molecular formula is C23H20FN7OS. The zero-order chi connectivity index (χ0) is 23.4. The van der Waals surface area contributed by atoms with Crippen LogP contribution in [-0.4, -0.2) is 41.9 Å². The van der Waals surface area contributed by atoms with Crippen LogP contribution in [0, 0.1) is 12.7 Å². The van der Waals surface area contributed by atoms with Crippen molar-refractivity contribution in [2.45, 2.75) is 6.92 Å². The molecule has 8 nitrogen and oxygen atoms in total. The van der Waals surface area contributed by atoms with Crippen LogP contribution < -0.4 is 5.32 Å². The predicted octanol–water partition coefficient (Wildman–Crippen LogP) is 4.43. The Kier molecular flexibility index (Phi) is 6.45. The number of H-pyrrole nitrogens is 1. The number of anilines is 1. The van der Waals surface area contributed by atoms with Gasteiger partial charge in [0.1, 0.15) is 5.69 Å². The summed E-state index contributed by atoms with van der Waals surface area (Å²) in [7, 11) is 0. The maximum absolute atomic E-state index is 14.7. The molecule has 0 bridgehead atoms. The number of aromatic amines is 1. The number of amides is 1. The molecule has 0 spiro atoms. The van der Waals surface area contributed by atoms with Crippen molar-refractivity contribution < 1.29 is 9.18 Å². The molecule has 2 N–H and O–H groups in total. The van der Waals surface area contributed by atoms with E-state index in [4.69, 9.17) is 0 Å². The van der Waals surface area contributed by atoms with E-state index in [2.05, 4.69) is 43.2 Å². The lowest BCUT2D eigenvalue weighted by Crippen LogP contribution is -2.15. The van der Waals surface area contributed by atoms with Gasteiger partial charge in [-0.3, -0.25) is 14.9 Å². The SMILES string of the molecule is CS.Cc1cccc(-c2cn[nH]c2C(=O)Nc2cc3nc(-c4ccccc4)nn3cc2F)n1. The van der Waals surface area contributed by atoms with E-state index in [1.165, 1.54) is 23.0 Å². The highest BCUT2D eigenvalue weighted by Crippen LogP contribution is 2.24. The van der Waals surface area contributed by atoms with Crippen LogP contribution in [0.5, 0.6) is 0 Å². The van der Waals surface area contributed by atoms with E-state index in [-0.39, 0.29) is 11.4 Å². The van der Waals surface area contributed by atoms with Crippen LogP contribution in [0.4, 0.5) is 10.1 Å². The van der Waals surface area contributed by atoms with Crippen molar-refractivity contribution in [1.82, 2.24) is 29.8 Å². The number of halogens is 1. The van der Waals surface area contributed by atoms with Gasteiger partial charge >= 0.3 is 0 Å². The highest BCUT2D eigenvalue weighted by Gasteiger charge is 2.19. The molecular weight excluding hydrogens is 441 g/mol. The number of pyridine rings is 2. The Morgan fingerprint density at radius 3 is 2.64 bits per heavy atom. The lowest BCUT2D eigenvalue weighted by molar-refractivity contribution is 0.102. The number of aryl methyl sites for hydroxylation is 1. The van der Waals surface area contributed by atoms with Crippen molar-refractivity contribution in [3.63, 3.8) is 0 Å². The highest BCUT2D eigenvalue weighted by molar-refractivity contribution is 7.79. The molecule has 33 heavy (non-hydrogen) atoms. The van der Waals surface area contributed by atoms with Gasteiger partial charge in [0.25, 0.3) is 5.91 Å². The number of nitrogens with one attached hydrogen (secondary N) is 2. The summed E-state index contributed by atoms with van der Waals surface area (Å²) >= 11 is 3.53. The van der Waals surface area contributed by atoms with Crippen LogP contribution in [-0.2, 0) is 0 Å². The minimum absolute atomic E-state index is 0.0118. The van der Waals surface area contributed by atoms with Crippen molar-refractivity contribution in [3.8, 4) is 22.6 Å². The van der Waals surface area contributed by atoms with Crippen LogP contribution in [0.3, 0.4) is 0 Å². The molecule has 0 unspecified atom stereocenters. The van der Waals surface area contributed by atoms with E-state index >= 15 is 0 Å². The Hall–Kier alpha value is -4.05. The monoisotopic (exact) mass is 461 g/mol. The summed E-state index contributed by atoms with van der Waals surface area (Å²) in [5, 5.41) is 13.5. The van der Waals surface area contributed by atoms with E-state index < -0.39 is 11.7 Å². The zero-order valence-corrected chi connectivity index (χ0v) is 18.7. The largest absolute Gasteiger partial charge is 0.318 e. The number of fused-ring (bicyclic) bond motifs is 1. The molecule has 1 amide bonds. The minimum atomic E-state index is -0.639. The Labute approximate surface area is 194 Å². The molecule has 0 aliphatic rings. The molecule has 0 saturated heterocycles. The molecule has 4 aromatic heterocycles. The van der Waals surface area contributed by atoms with Gasteiger partial charge in [0.05, 0.1) is 29.3 Å². The molecule has 166 valence electrons. The molecule has 0 aliphatic heterocycles. The van der Waals surface area contributed by atoms with Gasteiger partial charge in [-0.05, 0) is 25.3 Å². The number of aromatic nitrogens is 6. The molecule has 10 heteroatoms. The van der Waals surface area contributed by atoms with Gasteiger partial charge in [0.15, 0.2) is 17.3 Å². The summed E-state index contributed by atoms with van der Waals surface area (Å²) in [5.41, 5.74) is 3.32. The third kappa shape index (κ3) is 4.60. The molecule has 0 aliphatic carbocycles. The van der Waals surface area contributed by atoms with Crippen molar-refractivity contribution in [2.24, 2.45) is 0 Å². The third-order valence-corrected chi connectivity index (χ3v) is 4.73. The van der Waals surface area contributed by atoms with E-state index in [9.17, 15) is 9.18 Å². The Balaban J connectivity index is 0.00000126. The summed E-state index contributed by atoms with van der Waals surface area (Å²) in [4.78, 5) is 21.7. The fourth-order valence-corrected chi connectivity index (χ4v) is 3.24. The molecule has 5 rings (SSSR count). The highest BCUT2D eigenvalue weighted by atomic mass is 32.1. The quantitative estimate of drug-likeness (QED) is 0.344. The molecule has 4 heterocycles. The van der Waals surface area contributed by atoms with Crippen molar-refractivity contribution >= 4 is 29.9 Å². The normalized spacial score (nSPS) is 10.5. The first-order valence-corrected chi connectivity index (χ1v) is 10.8. The van der Waals surface area contributed by atoms with Crippen LogP contribution in [0.15, 0.2) is 67.0 Å². The van der Waals surface area contributed by atoms with Gasteiger partial charge in [0.2, 0.25) is 0 Å². The lowest BCUT2D eigenvalue weighted by atomic mass is 10.1. The Bertz CT molecular complexity index is 1420. The second-order valence-electron chi connectivity index (χ2n) is 6.92. The van der Waals surface area contributed by atoms with Gasteiger partial charge in [-0.1, -0.05) is 36.4 Å². The topological polar surface area (TPSA) is 101 Å². The number of carbonyl (C=O) groups is 1. The van der Waals surface area contributed by atoms with Crippen molar-refractivity contribution in [3.05, 3.63) is 84.2 Å². The number of hydrogen-bond donors (Lipinski definition) is 3. The summed E-state index contributed by atoms with van der Waals surface area (Å²) in [6, 6.07) is 16.3. The Morgan fingerprint density at radius 1 is 1.09 bits per heavy atom. The maximum Gasteiger partial charge on any atom is 0.274 e. The van der Waals surface area contributed by atoms with Crippen LogP contribution in [0.2, 0.25) is 0 Å². The molecule has 0 saturated carbocycles. The predicted molar refractivity (Wildman–Crippen MR) is 128 cm³/mol. The number of hydrogen-bond acceptors (Lipinski definition) is 6. The maximum atomic E-state index is 14.7. The summed E-state index contributed by atoms with van der Waals surface area (Å²) in [6.45, 7) is 1.86. The standard InChI is InChI=1S/C22H16FN7O.CH4S/c1-13-6-5-9-17(25-13)15-11-24-28-20(15)22(31)26-18-10-19-27-21(14-7-3-2-4-8-14)29-30(19)12-16(18)23;1-2/h2-12H,1H3,(H,24,28)(H,26,31);2H,1H3. The lowest BCUT2D eigenvalue weighted by Gasteiger charge is -2.07. The van der Waals surface area contributed by atoms with Crippen LogP contribution in [0.25, 0.3) is 28.3 Å². The van der Waals surface area contributed by atoms with Gasteiger partial charge in [-0.25, -0.2) is 13.9 Å². The average Bonchev–Trinajstić information content (AvgIpc) is 3.48. The second kappa shape index (κ2) is 9.61. The van der Waals surface area contributed by atoms with E-state index in [0.717, 1.165) is 11.3 Å². The average molecular weight is 462 g/mol. The number of benzene rings is 1.